The number of fused-ring (bicyclic) bond motifs is 1. The van der Waals surface area contributed by atoms with Crippen LogP contribution in [0.15, 0.2) is 60.7 Å². The van der Waals surface area contributed by atoms with Gasteiger partial charge in [-0.15, -0.1) is 10.2 Å². The summed E-state index contributed by atoms with van der Waals surface area (Å²) in [4.78, 5) is 17.5. The van der Waals surface area contributed by atoms with Gasteiger partial charge in [-0.3, -0.25) is 4.79 Å². The van der Waals surface area contributed by atoms with Crippen LogP contribution in [0.1, 0.15) is 30.4 Å². The van der Waals surface area contributed by atoms with Gasteiger partial charge in [0.05, 0.1) is 5.69 Å². The molecule has 0 atom stereocenters. The molecule has 2 aliphatic rings. The predicted octanol–water partition coefficient (Wildman–Crippen LogP) is 4.65. The van der Waals surface area contributed by atoms with Crippen molar-refractivity contribution in [2.75, 3.05) is 29.4 Å². The fourth-order valence-corrected chi connectivity index (χ4v) is 4.84. The van der Waals surface area contributed by atoms with Crippen LogP contribution < -0.4 is 9.80 Å². The molecule has 0 saturated carbocycles. The Balaban J connectivity index is 1.24. The van der Waals surface area contributed by atoms with E-state index in [1.165, 1.54) is 11.1 Å². The minimum Gasteiger partial charge on any atom is -0.355 e. The number of hydrogen-bond acceptors (Lipinski definition) is 4. The topological polar surface area (TPSA) is 49.3 Å². The number of aryl methyl sites for hydroxylation is 2. The summed E-state index contributed by atoms with van der Waals surface area (Å²) in [6, 6.07) is 20.7. The van der Waals surface area contributed by atoms with Crippen LogP contribution in [0.4, 0.5) is 11.5 Å². The zero-order valence-electron chi connectivity index (χ0n) is 18.0. The molecule has 0 N–H and O–H groups in total. The predicted molar refractivity (Wildman–Crippen MR) is 124 cm³/mol. The van der Waals surface area contributed by atoms with Crippen LogP contribution in [0.5, 0.6) is 0 Å². The Morgan fingerprint density at radius 1 is 0.903 bits per heavy atom. The first-order chi connectivity index (χ1) is 15.2. The largest absolute Gasteiger partial charge is 0.355 e. The number of carbonyl (C=O) groups excluding carboxylic acids is 1. The van der Waals surface area contributed by atoms with Crippen molar-refractivity contribution in [3.05, 3.63) is 71.8 Å². The Bertz CT molecular complexity index is 1070. The Labute approximate surface area is 183 Å². The highest BCUT2D eigenvalue weighted by Crippen LogP contribution is 2.31. The number of nitrogens with zero attached hydrogens (tertiary/aromatic N) is 4. The van der Waals surface area contributed by atoms with Crippen LogP contribution in [0.25, 0.3) is 11.3 Å². The van der Waals surface area contributed by atoms with Crippen molar-refractivity contribution >= 4 is 17.4 Å². The maximum Gasteiger partial charge on any atom is 0.230 e. The first-order valence-corrected chi connectivity index (χ1v) is 11.2. The molecular formula is C26H28N4O. The van der Waals surface area contributed by atoms with Crippen LogP contribution in [-0.2, 0) is 11.2 Å². The van der Waals surface area contributed by atoms with Gasteiger partial charge in [-0.05, 0) is 61.9 Å². The van der Waals surface area contributed by atoms with Gasteiger partial charge in [0.25, 0.3) is 0 Å². The van der Waals surface area contributed by atoms with E-state index in [4.69, 9.17) is 0 Å². The minimum absolute atomic E-state index is 0.0848. The first kappa shape index (κ1) is 19.7. The fourth-order valence-electron chi connectivity index (χ4n) is 4.84. The third-order valence-corrected chi connectivity index (χ3v) is 6.62. The number of rotatable bonds is 3. The molecule has 158 valence electrons. The number of piperidine rings is 1. The summed E-state index contributed by atoms with van der Waals surface area (Å²) in [5, 5.41) is 8.96. The third kappa shape index (κ3) is 3.92. The molecule has 3 aromatic rings. The van der Waals surface area contributed by atoms with Crippen molar-refractivity contribution < 1.29 is 4.79 Å². The highest BCUT2D eigenvalue weighted by molar-refractivity contribution is 5.96. The lowest BCUT2D eigenvalue weighted by molar-refractivity contribution is -0.123. The molecule has 5 rings (SSSR count). The molecule has 0 radical (unpaired) electrons. The van der Waals surface area contributed by atoms with Gasteiger partial charge in [0.15, 0.2) is 5.82 Å². The molecule has 2 aliphatic heterocycles. The quantitative estimate of drug-likeness (QED) is 0.628. The Hall–Kier alpha value is -3.21. The lowest BCUT2D eigenvalue weighted by atomic mass is 9.93. The molecule has 1 fully saturated rings. The lowest BCUT2D eigenvalue weighted by Gasteiger charge is -2.36. The van der Waals surface area contributed by atoms with Crippen molar-refractivity contribution in [1.29, 1.82) is 0 Å². The number of para-hydroxylation sites is 1. The molecule has 0 spiro atoms. The van der Waals surface area contributed by atoms with E-state index < -0.39 is 0 Å². The van der Waals surface area contributed by atoms with Crippen molar-refractivity contribution in [1.82, 2.24) is 10.2 Å². The second kappa shape index (κ2) is 8.50. The van der Waals surface area contributed by atoms with Gasteiger partial charge in [0.1, 0.15) is 0 Å². The van der Waals surface area contributed by atoms with Crippen LogP contribution in [0.3, 0.4) is 0 Å². The second-order valence-electron chi connectivity index (χ2n) is 8.58. The zero-order chi connectivity index (χ0) is 21.2. The molecule has 3 heterocycles. The summed E-state index contributed by atoms with van der Waals surface area (Å²) >= 11 is 0. The molecule has 5 heteroatoms. The second-order valence-corrected chi connectivity index (χ2v) is 8.58. The summed E-state index contributed by atoms with van der Waals surface area (Å²) < 4.78 is 0. The standard InChI is InChI=1S/C26H28N4O/c1-19-7-2-4-10-22(19)23-12-13-25(28-27-23)29-17-14-21(15-18-29)26(31)30-16-6-9-20-8-3-5-11-24(20)30/h2-5,7-8,10-13,21H,6,9,14-18H2,1H3. The van der Waals surface area contributed by atoms with E-state index in [-0.39, 0.29) is 11.8 Å². The Kier molecular flexibility index (Phi) is 5.41. The molecule has 1 saturated heterocycles. The number of carbonyl (C=O) groups is 1. The molecule has 1 amide bonds. The smallest absolute Gasteiger partial charge is 0.230 e. The summed E-state index contributed by atoms with van der Waals surface area (Å²) in [5.41, 5.74) is 5.62. The SMILES string of the molecule is Cc1ccccc1-c1ccc(N2CCC(C(=O)N3CCCc4ccccc43)CC2)nn1. The summed E-state index contributed by atoms with van der Waals surface area (Å²) in [7, 11) is 0. The van der Waals surface area contributed by atoms with Gasteiger partial charge in [0.2, 0.25) is 5.91 Å². The Morgan fingerprint density at radius 3 is 2.45 bits per heavy atom. The number of aromatic nitrogens is 2. The molecule has 1 aromatic heterocycles. The van der Waals surface area contributed by atoms with Gasteiger partial charge in [-0.2, -0.15) is 0 Å². The monoisotopic (exact) mass is 412 g/mol. The molecule has 0 aliphatic carbocycles. The number of amides is 1. The van der Waals surface area contributed by atoms with E-state index in [0.717, 1.165) is 68.1 Å². The van der Waals surface area contributed by atoms with E-state index in [0.29, 0.717) is 0 Å². The van der Waals surface area contributed by atoms with Gasteiger partial charge >= 0.3 is 0 Å². The minimum atomic E-state index is 0.0848. The third-order valence-electron chi connectivity index (χ3n) is 6.62. The maximum atomic E-state index is 13.3. The average molecular weight is 413 g/mol. The highest BCUT2D eigenvalue weighted by atomic mass is 16.2. The van der Waals surface area contributed by atoms with E-state index in [1.807, 2.05) is 29.2 Å². The van der Waals surface area contributed by atoms with Crippen LogP contribution in [0, 0.1) is 12.8 Å². The van der Waals surface area contributed by atoms with Gasteiger partial charge < -0.3 is 9.80 Å². The highest BCUT2D eigenvalue weighted by Gasteiger charge is 2.31. The number of hydrogen-bond donors (Lipinski definition) is 0. The van der Waals surface area contributed by atoms with E-state index >= 15 is 0 Å². The Morgan fingerprint density at radius 2 is 1.68 bits per heavy atom. The maximum absolute atomic E-state index is 13.3. The number of anilines is 2. The fraction of sp³-hybridized carbons (Fsp3) is 0.346. The van der Waals surface area contributed by atoms with Crippen molar-refractivity contribution in [3.63, 3.8) is 0 Å². The molecular weight excluding hydrogens is 384 g/mol. The molecule has 0 bridgehead atoms. The van der Waals surface area contributed by atoms with Gasteiger partial charge in [-0.1, -0.05) is 42.5 Å². The van der Waals surface area contributed by atoms with Crippen molar-refractivity contribution in [2.24, 2.45) is 5.92 Å². The first-order valence-electron chi connectivity index (χ1n) is 11.2. The van der Waals surface area contributed by atoms with E-state index in [2.05, 4.69) is 58.4 Å². The molecule has 2 aromatic carbocycles. The molecule has 0 unspecified atom stereocenters. The van der Waals surface area contributed by atoms with Crippen LogP contribution >= 0.6 is 0 Å². The van der Waals surface area contributed by atoms with Crippen LogP contribution in [0.2, 0.25) is 0 Å². The normalized spacial score (nSPS) is 16.8. The van der Waals surface area contributed by atoms with Gasteiger partial charge in [-0.25, -0.2) is 0 Å². The molecule has 5 nitrogen and oxygen atoms in total. The van der Waals surface area contributed by atoms with Crippen molar-refractivity contribution in [3.8, 4) is 11.3 Å². The summed E-state index contributed by atoms with van der Waals surface area (Å²) in [6.45, 7) is 4.60. The summed E-state index contributed by atoms with van der Waals surface area (Å²) in [5.74, 6) is 1.26. The van der Waals surface area contributed by atoms with E-state index in [9.17, 15) is 4.79 Å². The number of benzene rings is 2. The summed E-state index contributed by atoms with van der Waals surface area (Å²) in [6.07, 6.45) is 3.83. The van der Waals surface area contributed by atoms with Crippen LogP contribution in [-0.4, -0.2) is 35.7 Å². The van der Waals surface area contributed by atoms with Gasteiger partial charge in [0, 0.05) is 36.8 Å². The van der Waals surface area contributed by atoms with E-state index in [1.54, 1.807) is 0 Å². The molecule has 31 heavy (non-hydrogen) atoms. The zero-order valence-corrected chi connectivity index (χ0v) is 18.0. The van der Waals surface area contributed by atoms with Crippen molar-refractivity contribution in [2.45, 2.75) is 32.6 Å². The average Bonchev–Trinajstić information content (AvgIpc) is 2.84. The lowest BCUT2D eigenvalue weighted by Crippen LogP contribution is -2.44.